The van der Waals surface area contributed by atoms with Crippen LogP contribution in [0.4, 0.5) is 0 Å². The highest BCUT2D eigenvalue weighted by Crippen LogP contribution is 2.29. The maximum Gasteiger partial charge on any atom is 0.150 e. The highest BCUT2D eigenvalue weighted by atomic mass is 32.2. The number of aliphatic hydroxyl groups excluding tert-OH is 1. The summed E-state index contributed by atoms with van der Waals surface area (Å²) < 4.78 is 32.5. The standard InChI is InChI=1S/C12H18O5S/c1-9(13)11-5-4-10(16-2)8-12(11)17-6-7-18(3,14)15/h4-5,8-9,13H,6-7H2,1-3H3. The first-order chi connectivity index (χ1) is 8.33. The van der Waals surface area contributed by atoms with Crippen LogP contribution in [0, 0.1) is 0 Å². The van der Waals surface area contributed by atoms with E-state index in [0.29, 0.717) is 17.1 Å². The Hall–Kier alpha value is -1.27. The normalized spacial score (nSPS) is 13.1. The molecule has 1 atom stereocenters. The van der Waals surface area contributed by atoms with Crippen LogP contribution in [-0.2, 0) is 9.84 Å². The van der Waals surface area contributed by atoms with Crippen molar-refractivity contribution in [3.8, 4) is 11.5 Å². The summed E-state index contributed by atoms with van der Waals surface area (Å²) >= 11 is 0. The van der Waals surface area contributed by atoms with Crippen molar-refractivity contribution in [2.75, 3.05) is 25.7 Å². The first kappa shape index (κ1) is 14.8. The van der Waals surface area contributed by atoms with Gasteiger partial charge in [0.2, 0.25) is 0 Å². The summed E-state index contributed by atoms with van der Waals surface area (Å²) in [5, 5.41) is 9.59. The minimum absolute atomic E-state index is 0.0473. The van der Waals surface area contributed by atoms with Crippen LogP contribution in [-0.4, -0.2) is 39.2 Å². The van der Waals surface area contributed by atoms with Gasteiger partial charge in [-0.15, -0.1) is 0 Å². The van der Waals surface area contributed by atoms with Gasteiger partial charge >= 0.3 is 0 Å². The molecule has 6 heteroatoms. The molecular formula is C12H18O5S. The van der Waals surface area contributed by atoms with Crippen molar-refractivity contribution in [2.24, 2.45) is 0 Å². The number of methoxy groups -OCH3 is 1. The highest BCUT2D eigenvalue weighted by molar-refractivity contribution is 7.90. The molecule has 1 N–H and O–H groups in total. The molecule has 102 valence electrons. The van der Waals surface area contributed by atoms with Gasteiger partial charge in [0.05, 0.1) is 19.0 Å². The third-order valence-electron chi connectivity index (χ3n) is 2.38. The van der Waals surface area contributed by atoms with Crippen molar-refractivity contribution in [3.05, 3.63) is 23.8 Å². The van der Waals surface area contributed by atoms with Gasteiger partial charge in [-0.3, -0.25) is 0 Å². The second-order valence-corrected chi connectivity index (χ2v) is 6.32. The summed E-state index contributed by atoms with van der Waals surface area (Å²) in [7, 11) is -1.54. The second-order valence-electron chi connectivity index (χ2n) is 4.06. The predicted molar refractivity (Wildman–Crippen MR) is 68.8 cm³/mol. The molecule has 1 aromatic rings. The summed E-state index contributed by atoms with van der Waals surface area (Å²) in [6, 6.07) is 5.04. The first-order valence-corrected chi connectivity index (χ1v) is 7.56. The Morgan fingerprint density at radius 1 is 1.39 bits per heavy atom. The van der Waals surface area contributed by atoms with Crippen molar-refractivity contribution >= 4 is 9.84 Å². The van der Waals surface area contributed by atoms with Crippen molar-refractivity contribution in [1.29, 1.82) is 0 Å². The fourth-order valence-electron chi connectivity index (χ4n) is 1.41. The highest BCUT2D eigenvalue weighted by Gasteiger charge is 2.11. The fraction of sp³-hybridized carbons (Fsp3) is 0.500. The quantitative estimate of drug-likeness (QED) is 0.843. The molecule has 1 rings (SSSR count). The van der Waals surface area contributed by atoms with Crippen molar-refractivity contribution in [2.45, 2.75) is 13.0 Å². The molecule has 0 aliphatic carbocycles. The Balaban J connectivity index is 2.84. The zero-order valence-corrected chi connectivity index (χ0v) is 11.5. The Labute approximate surface area is 107 Å². The molecule has 0 radical (unpaired) electrons. The summed E-state index contributed by atoms with van der Waals surface area (Å²) in [6.45, 7) is 1.66. The Kier molecular flexibility index (Phi) is 4.98. The summed E-state index contributed by atoms with van der Waals surface area (Å²) in [5.41, 5.74) is 0.601. The van der Waals surface area contributed by atoms with Crippen LogP contribution in [0.2, 0.25) is 0 Å². The lowest BCUT2D eigenvalue weighted by molar-refractivity contribution is 0.192. The van der Waals surface area contributed by atoms with E-state index in [4.69, 9.17) is 9.47 Å². The minimum atomic E-state index is -3.06. The molecule has 0 bridgehead atoms. The van der Waals surface area contributed by atoms with Crippen LogP contribution in [0.5, 0.6) is 11.5 Å². The number of sulfone groups is 1. The van der Waals surface area contributed by atoms with E-state index in [1.807, 2.05) is 0 Å². The van der Waals surface area contributed by atoms with Gasteiger partial charge in [-0.05, 0) is 19.1 Å². The van der Waals surface area contributed by atoms with Gasteiger partial charge in [-0.2, -0.15) is 0 Å². The largest absolute Gasteiger partial charge is 0.497 e. The van der Waals surface area contributed by atoms with Gasteiger partial charge in [0, 0.05) is 17.9 Å². The molecule has 0 aromatic heterocycles. The van der Waals surface area contributed by atoms with Crippen LogP contribution in [0.15, 0.2) is 18.2 Å². The van der Waals surface area contributed by atoms with Crippen molar-refractivity contribution < 1.29 is 23.0 Å². The van der Waals surface area contributed by atoms with Gasteiger partial charge in [-0.25, -0.2) is 8.42 Å². The number of hydrogen-bond donors (Lipinski definition) is 1. The van der Waals surface area contributed by atoms with Gasteiger partial charge in [0.25, 0.3) is 0 Å². The third-order valence-corrected chi connectivity index (χ3v) is 3.29. The molecule has 1 aromatic carbocycles. The number of aliphatic hydroxyl groups is 1. The van der Waals surface area contributed by atoms with Crippen molar-refractivity contribution in [1.82, 2.24) is 0 Å². The molecule has 0 spiro atoms. The molecule has 0 fully saturated rings. The van der Waals surface area contributed by atoms with Gasteiger partial charge in [0.15, 0.2) is 9.84 Å². The number of ether oxygens (including phenoxy) is 2. The number of hydrogen-bond acceptors (Lipinski definition) is 5. The Morgan fingerprint density at radius 3 is 2.56 bits per heavy atom. The maximum atomic E-state index is 11.0. The summed E-state index contributed by atoms with van der Waals surface area (Å²) in [4.78, 5) is 0. The van der Waals surface area contributed by atoms with Gasteiger partial charge < -0.3 is 14.6 Å². The molecule has 5 nitrogen and oxygen atoms in total. The lowest BCUT2D eigenvalue weighted by Gasteiger charge is -2.14. The van der Waals surface area contributed by atoms with E-state index < -0.39 is 15.9 Å². The average Bonchev–Trinajstić information content (AvgIpc) is 2.26. The van der Waals surface area contributed by atoms with E-state index in [0.717, 1.165) is 6.26 Å². The van der Waals surface area contributed by atoms with Gasteiger partial charge in [-0.1, -0.05) is 0 Å². The molecule has 0 aliphatic heterocycles. The third kappa shape index (κ3) is 4.54. The van der Waals surface area contributed by atoms with E-state index in [2.05, 4.69) is 0 Å². The zero-order valence-electron chi connectivity index (χ0n) is 10.7. The maximum absolute atomic E-state index is 11.0. The van der Waals surface area contributed by atoms with E-state index in [1.165, 1.54) is 7.11 Å². The molecule has 0 amide bonds. The molecular weight excluding hydrogens is 256 g/mol. The molecule has 0 heterocycles. The van der Waals surface area contributed by atoms with Gasteiger partial charge in [0.1, 0.15) is 18.1 Å². The molecule has 0 aliphatic rings. The smallest absolute Gasteiger partial charge is 0.150 e. The van der Waals surface area contributed by atoms with E-state index in [9.17, 15) is 13.5 Å². The van der Waals surface area contributed by atoms with Crippen molar-refractivity contribution in [3.63, 3.8) is 0 Å². The lowest BCUT2D eigenvalue weighted by atomic mass is 10.1. The fourth-order valence-corrected chi connectivity index (χ4v) is 1.80. The van der Waals surface area contributed by atoms with E-state index in [1.54, 1.807) is 25.1 Å². The predicted octanol–water partition coefficient (Wildman–Crippen LogP) is 1.17. The molecule has 18 heavy (non-hydrogen) atoms. The average molecular weight is 274 g/mol. The number of benzene rings is 1. The molecule has 0 saturated carbocycles. The SMILES string of the molecule is COc1ccc(C(C)O)c(OCCS(C)(=O)=O)c1. The Bertz CT molecular complexity index is 493. The van der Waals surface area contributed by atoms with Crippen LogP contribution < -0.4 is 9.47 Å². The zero-order chi connectivity index (χ0) is 13.8. The van der Waals surface area contributed by atoms with Crippen LogP contribution in [0.1, 0.15) is 18.6 Å². The van der Waals surface area contributed by atoms with Crippen LogP contribution in [0.25, 0.3) is 0 Å². The van der Waals surface area contributed by atoms with E-state index >= 15 is 0 Å². The molecule has 1 unspecified atom stereocenters. The summed E-state index contributed by atoms with van der Waals surface area (Å²) in [6.07, 6.45) is 0.460. The molecule has 0 saturated heterocycles. The topological polar surface area (TPSA) is 72.8 Å². The van der Waals surface area contributed by atoms with Crippen LogP contribution in [0.3, 0.4) is 0 Å². The lowest BCUT2D eigenvalue weighted by Crippen LogP contribution is -2.13. The van der Waals surface area contributed by atoms with Crippen LogP contribution >= 0.6 is 0 Å². The first-order valence-electron chi connectivity index (χ1n) is 5.50. The monoisotopic (exact) mass is 274 g/mol. The van der Waals surface area contributed by atoms with E-state index in [-0.39, 0.29) is 12.4 Å². The second kappa shape index (κ2) is 6.06. The minimum Gasteiger partial charge on any atom is -0.497 e. The Morgan fingerprint density at radius 2 is 2.06 bits per heavy atom. The number of rotatable bonds is 6. The summed E-state index contributed by atoms with van der Waals surface area (Å²) in [5.74, 6) is 0.963.